The van der Waals surface area contributed by atoms with Gasteiger partial charge in [0.2, 0.25) is 0 Å². The molecule has 1 heterocycles. The molecule has 1 rings (SSSR count). The summed E-state index contributed by atoms with van der Waals surface area (Å²) in [6.07, 6.45) is 5.16. The van der Waals surface area contributed by atoms with Gasteiger partial charge in [0.15, 0.2) is 0 Å². The van der Waals surface area contributed by atoms with Gasteiger partial charge in [-0.3, -0.25) is 4.90 Å². The van der Waals surface area contributed by atoms with Crippen LogP contribution >= 0.6 is 0 Å². The predicted molar refractivity (Wildman–Crippen MR) is 76.4 cm³/mol. The van der Waals surface area contributed by atoms with Gasteiger partial charge in [-0.25, -0.2) is 0 Å². The Morgan fingerprint density at radius 2 is 2.06 bits per heavy atom. The highest BCUT2D eigenvalue weighted by Crippen LogP contribution is 2.24. The Morgan fingerprint density at radius 1 is 1.35 bits per heavy atom. The Kier molecular flexibility index (Phi) is 5.94. The summed E-state index contributed by atoms with van der Waals surface area (Å²) < 4.78 is 0. The van der Waals surface area contributed by atoms with Crippen molar-refractivity contribution in [3.8, 4) is 0 Å². The minimum Gasteiger partial charge on any atom is -0.312 e. The van der Waals surface area contributed by atoms with E-state index in [9.17, 15) is 0 Å². The molecular weight excluding hydrogens is 208 g/mol. The summed E-state index contributed by atoms with van der Waals surface area (Å²) >= 11 is 0. The third-order valence-electron chi connectivity index (χ3n) is 4.48. The maximum atomic E-state index is 3.73. The van der Waals surface area contributed by atoms with Gasteiger partial charge >= 0.3 is 0 Å². The third kappa shape index (κ3) is 4.26. The van der Waals surface area contributed by atoms with Crippen molar-refractivity contribution in [2.75, 3.05) is 19.6 Å². The van der Waals surface area contributed by atoms with Crippen LogP contribution in [-0.2, 0) is 0 Å². The van der Waals surface area contributed by atoms with Crippen LogP contribution in [0.15, 0.2) is 0 Å². The zero-order valence-electron chi connectivity index (χ0n) is 12.6. The van der Waals surface area contributed by atoms with Crippen molar-refractivity contribution >= 4 is 0 Å². The van der Waals surface area contributed by atoms with E-state index in [0.717, 1.165) is 5.92 Å². The maximum absolute atomic E-state index is 3.73. The summed E-state index contributed by atoms with van der Waals surface area (Å²) in [5, 5.41) is 3.73. The van der Waals surface area contributed by atoms with E-state index in [1.54, 1.807) is 0 Å². The van der Waals surface area contributed by atoms with Crippen LogP contribution in [0.5, 0.6) is 0 Å². The van der Waals surface area contributed by atoms with Crippen LogP contribution in [0, 0.1) is 5.92 Å². The molecule has 1 N–H and O–H groups in total. The molecular formula is C15H32N2. The number of nitrogens with one attached hydrogen (secondary N) is 1. The molecule has 1 aliphatic rings. The van der Waals surface area contributed by atoms with Crippen LogP contribution in [-0.4, -0.2) is 36.1 Å². The fraction of sp³-hybridized carbons (Fsp3) is 1.00. The highest BCUT2D eigenvalue weighted by atomic mass is 15.2. The maximum Gasteiger partial charge on any atom is 0.0220 e. The van der Waals surface area contributed by atoms with Crippen molar-refractivity contribution in [3.63, 3.8) is 0 Å². The van der Waals surface area contributed by atoms with Crippen molar-refractivity contribution in [2.45, 2.75) is 71.9 Å². The van der Waals surface area contributed by atoms with Crippen LogP contribution in [0.3, 0.4) is 0 Å². The summed E-state index contributed by atoms with van der Waals surface area (Å²) in [6.45, 7) is 15.5. The number of nitrogens with zero attached hydrogens (tertiary/aromatic N) is 1. The molecule has 0 aromatic carbocycles. The minimum atomic E-state index is 0.368. The second-order valence-corrected chi connectivity index (χ2v) is 6.31. The Hall–Kier alpha value is -0.0800. The first-order valence-electron chi connectivity index (χ1n) is 7.49. The van der Waals surface area contributed by atoms with Gasteiger partial charge in [0.05, 0.1) is 0 Å². The van der Waals surface area contributed by atoms with E-state index in [4.69, 9.17) is 0 Å². The molecule has 0 aromatic rings. The zero-order chi connectivity index (χ0) is 12.9. The largest absolute Gasteiger partial charge is 0.312 e. The smallest absolute Gasteiger partial charge is 0.0220 e. The number of rotatable bonds is 5. The van der Waals surface area contributed by atoms with Gasteiger partial charge in [-0.15, -0.1) is 0 Å². The van der Waals surface area contributed by atoms with Gasteiger partial charge in [0.1, 0.15) is 0 Å². The van der Waals surface area contributed by atoms with E-state index in [-0.39, 0.29) is 0 Å². The van der Waals surface area contributed by atoms with Gasteiger partial charge in [0, 0.05) is 18.1 Å². The first-order valence-corrected chi connectivity index (χ1v) is 7.49. The first-order chi connectivity index (χ1) is 8.01. The Morgan fingerprint density at radius 3 is 2.65 bits per heavy atom. The third-order valence-corrected chi connectivity index (χ3v) is 4.48. The van der Waals surface area contributed by atoms with Crippen molar-refractivity contribution < 1.29 is 0 Å². The Balaban J connectivity index is 2.65. The lowest BCUT2D eigenvalue weighted by Gasteiger charge is -2.40. The highest BCUT2D eigenvalue weighted by Gasteiger charge is 2.30. The molecule has 0 aromatic heterocycles. The lowest BCUT2D eigenvalue weighted by molar-refractivity contribution is 0.0997. The van der Waals surface area contributed by atoms with E-state index in [0.29, 0.717) is 11.6 Å². The molecule has 0 amide bonds. The fourth-order valence-electron chi connectivity index (χ4n) is 2.94. The molecule has 0 spiro atoms. The molecule has 0 bridgehead atoms. The monoisotopic (exact) mass is 240 g/mol. The molecule has 1 saturated heterocycles. The molecule has 102 valence electrons. The molecule has 0 radical (unpaired) electrons. The fourth-order valence-corrected chi connectivity index (χ4v) is 2.94. The van der Waals surface area contributed by atoms with Crippen LogP contribution in [0.2, 0.25) is 0 Å². The summed E-state index contributed by atoms with van der Waals surface area (Å²) in [7, 11) is 0. The van der Waals surface area contributed by atoms with Crippen molar-refractivity contribution in [3.05, 3.63) is 0 Å². The molecule has 1 aliphatic heterocycles. The average Bonchev–Trinajstić information content (AvgIpc) is 2.54. The quantitative estimate of drug-likeness (QED) is 0.793. The zero-order valence-corrected chi connectivity index (χ0v) is 12.6. The van der Waals surface area contributed by atoms with Crippen LogP contribution in [0.25, 0.3) is 0 Å². The molecule has 2 atom stereocenters. The van der Waals surface area contributed by atoms with Gasteiger partial charge in [-0.05, 0) is 45.7 Å². The van der Waals surface area contributed by atoms with E-state index in [1.165, 1.54) is 45.3 Å². The van der Waals surface area contributed by atoms with Gasteiger partial charge in [-0.1, -0.05) is 33.6 Å². The second kappa shape index (κ2) is 6.75. The van der Waals surface area contributed by atoms with Gasteiger partial charge in [-0.2, -0.15) is 0 Å². The summed E-state index contributed by atoms with van der Waals surface area (Å²) in [4.78, 5) is 2.72. The first kappa shape index (κ1) is 15.0. The lowest BCUT2D eigenvalue weighted by Crippen LogP contribution is -2.50. The van der Waals surface area contributed by atoms with Crippen LogP contribution in [0.4, 0.5) is 0 Å². The van der Waals surface area contributed by atoms with Crippen molar-refractivity contribution in [1.82, 2.24) is 10.2 Å². The SMILES string of the molecule is CCCC(C)(C)N1CCCNC(C(C)CC)C1. The molecule has 17 heavy (non-hydrogen) atoms. The van der Waals surface area contributed by atoms with E-state index in [1.807, 2.05) is 0 Å². The van der Waals surface area contributed by atoms with Crippen molar-refractivity contribution in [2.24, 2.45) is 5.92 Å². The Labute approximate surface area is 108 Å². The molecule has 0 saturated carbocycles. The predicted octanol–water partition coefficient (Wildman–Crippen LogP) is 3.28. The topological polar surface area (TPSA) is 15.3 Å². The summed E-state index contributed by atoms with van der Waals surface area (Å²) in [5.74, 6) is 0.785. The van der Waals surface area contributed by atoms with E-state index in [2.05, 4.69) is 44.8 Å². The lowest BCUT2D eigenvalue weighted by atomic mass is 9.93. The highest BCUT2D eigenvalue weighted by molar-refractivity contribution is 4.88. The molecule has 2 heteroatoms. The molecule has 2 unspecified atom stereocenters. The second-order valence-electron chi connectivity index (χ2n) is 6.31. The average molecular weight is 240 g/mol. The van der Waals surface area contributed by atoms with E-state index >= 15 is 0 Å². The standard InChI is InChI=1S/C15H32N2/c1-6-9-15(4,5)17-11-8-10-16-14(12-17)13(3)7-2/h13-14,16H,6-12H2,1-5H3. The molecule has 0 aliphatic carbocycles. The van der Waals surface area contributed by atoms with Gasteiger partial charge in [0.25, 0.3) is 0 Å². The number of hydrogen-bond donors (Lipinski definition) is 1. The minimum absolute atomic E-state index is 0.368. The van der Waals surface area contributed by atoms with E-state index < -0.39 is 0 Å². The van der Waals surface area contributed by atoms with Gasteiger partial charge < -0.3 is 5.32 Å². The Bertz CT molecular complexity index is 213. The summed E-state index contributed by atoms with van der Waals surface area (Å²) in [5.41, 5.74) is 0.368. The summed E-state index contributed by atoms with van der Waals surface area (Å²) in [6, 6.07) is 0.679. The number of hydrogen-bond acceptors (Lipinski definition) is 2. The van der Waals surface area contributed by atoms with Crippen LogP contribution < -0.4 is 5.32 Å². The molecule has 2 nitrogen and oxygen atoms in total. The van der Waals surface area contributed by atoms with Crippen molar-refractivity contribution in [1.29, 1.82) is 0 Å². The normalized spacial score (nSPS) is 25.6. The molecule has 1 fully saturated rings. The van der Waals surface area contributed by atoms with Crippen LogP contribution in [0.1, 0.15) is 60.3 Å².